The third-order valence-corrected chi connectivity index (χ3v) is 3.42. The van der Waals surface area contributed by atoms with E-state index in [1.54, 1.807) is 7.11 Å². The van der Waals surface area contributed by atoms with Gasteiger partial charge in [0.05, 0.1) is 7.11 Å². The van der Waals surface area contributed by atoms with Crippen molar-refractivity contribution in [3.63, 3.8) is 0 Å². The van der Waals surface area contributed by atoms with E-state index in [0.717, 1.165) is 17.0 Å². The van der Waals surface area contributed by atoms with Gasteiger partial charge in [-0.25, -0.2) is 4.98 Å². The van der Waals surface area contributed by atoms with Gasteiger partial charge in [-0.1, -0.05) is 23.8 Å². The number of nitrogens with one attached hydrogen (secondary N) is 1. The number of benzene rings is 2. The van der Waals surface area contributed by atoms with Crippen LogP contribution in [0.3, 0.4) is 0 Å². The number of hydrogen-bond acceptors (Lipinski definition) is 6. The second-order valence-corrected chi connectivity index (χ2v) is 5.21. The summed E-state index contributed by atoms with van der Waals surface area (Å²) in [4.78, 5) is 8.29. The highest BCUT2D eigenvalue weighted by Crippen LogP contribution is 2.31. The molecule has 0 atom stereocenters. The molecule has 2 aromatic carbocycles. The molecule has 6 heteroatoms. The minimum atomic E-state index is 0.305. The van der Waals surface area contributed by atoms with E-state index in [4.69, 9.17) is 15.2 Å². The van der Waals surface area contributed by atoms with Crippen LogP contribution in [0.15, 0.2) is 54.9 Å². The zero-order chi connectivity index (χ0) is 16.9. The highest BCUT2D eigenvalue weighted by Gasteiger charge is 2.11. The average molecular weight is 322 g/mol. The van der Waals surface area contributed by atoms with Crippen LogP contribution in [0.25, 0.3) is 0 Å². The second-order valence-electron chi connectivity index (χ2n) is 5.21. The lowest BCUT2D eigenvalue weighted by molar-refractivity contribution is 0.415. The van der Waals surface area contributed by atoms with Gasteiger partial charge in [-0.15, -0.1) is 0 Å². The van der Waals surface area contributed by atoms with Crippen molar-refractivity contribution in [1.29, 1.82) is 0 Å². The fourth-order valence-electron chi connectivity index (χ4n) is 2.12. The highest BCUT2D eigenvalue weighted by atomic mass is 16.5. The molecule has 0 saturated carbocycles. The summed E-state index contributed by atoms with van der Waals surface area (Å²) in [5.41, 5.74) is 8.43. The zero-order valence-corrected chi connectivity index (χ0v) is 13.5. The second kappa shape index (κ2) is 6.87. The maximum Gasteiger partial charge on any atom is 0.248 e. The first-order valence-corrected chi connectivity index (χ1v) is 7.42. The number of hydrogen-bond donors (Lipinski definition) is 2. The molecule has 0 unspecified atom stereocenters. The minimum Gasteiger partial charge on any atom is -0.497 e. The quantitative estimate of drug-likeness (QED) is 0.741. The maximum absolute atomic E-state index is 6.14. The third-order valence-electron chi connectivity index (χ3n) is 3.42. The van der Waals surface area contributed by atoms with Crippen molar-refractivity contribution >= 4 is 17.2 Å². The van der Waals surface area contributed by atoms with Crippen LogP contribution in [0.5, 0.6) is 17.4 Å². The molecule has 3 rings (SSSR count). The van der Waals surface area contributed by atoms with Crippen LogP contribution >= 0.6 is 0 Å². The third kappa shape index (κ3) is 3.55. The van der Waals surface area contributed by atoms with Crippen molar-refractivity contribution in [2.45, 2.75) is 6.92 Å². The number of rotatable bonds is 5. The minimum absolute atomic E-state index is 0.305. The largest absolute Gasteiger partial charge is 0.497 e. The molecule has 0 radical (unpaired) electrons. The lowest BCUT2D eigenvalue weighted by Gasteiger charge is -2.12. The summed E-state index contributed by atoms with van der Waals surface area (Å²) in [7, 11) is 1.62. The molecule has 0 bridgehead atoms. The van der Waals surface area contributed by atoms with E-state index in [0.29, 0.717) is 23.1 Å². The van der Waals surface area contributed by atoms with Crippen LogP contribution in [0.2, 0.25) is 0 Å². The van der Waals surface area contributed by atoms with Crippen LogP contribution in [0.1, 0.15) is 5.56 Å². The summed E-state index contributed by atoms with van der Waals surface area (Å²) < 4.78 is 11.0. The summed E-state index contributed by atoms with van der Waals surface area (Å²) >= 11 is 0. The molecule has 0 aliphatic heterocycles. The molecule has 0 aliphatic carbocycles. The predicted octanol–water partition coefficient (Wildman–Crippen LogP) is 3.91. The molecule has 0 saturated heterocycles. The van der Waals surface area contributed by atoms with Gasteiger partial charge in [-0.3, -0.25) is 0 Å². The molecule has 24 heavy (non-hydrogen) atoms. The Morgan fingerprint density at radius 3 is 2.54 bits per heavy atom. The van der Waals surface area contributed by atoms with Gasteiger partial charge in [0.15, 0.2) is 5.82 Å². The molecule has 0 fully saturated rings. The molecule has 122 valence electrons. The van der Waals surface area contributed by atoms with Crippen LogP contribution in [0, 0.1) is 6.92 Å². The molecule has 6 nitrogen and oxygen atoms in total. The zero-order valence-electron chi connectivity index (χ0n) is 13.5. The summed E-state index contributed by atoms with van der Waals surface area (Å²) in [6.45, 7) is 2.01. The molecule has 1 aromatic heterocycles. The van der Waals surface area contributed by atoms with Crippen LogP contribution in [-0.4, -0.2) is 17.1 Å². The van der Waals surface area contributed by atoms with Gasteiger partial charge in [0.1, 0.15) is 23.5 Å². The van der Waals surface area contributed by atoms with E-state index in [2.05, 4.69) is 15.3 Å². The molecular formula is C18H18N4O2. The summed E-state index contributed by atoms with van der Waals surface area (Å²) in [6.07, 6.45) is 1.41. The van der Waals surface area contributed by atoms with Gasteiger partial charge < -0.3 is 20.5 Å². The number of ether oxygens (including phenoxy) is 2. The van der Waals surface area contributed by atoms with Crippen LogP contribution in [-0.2, 0) is 0 Å². The molecule has 3 aromatic rings. The summed E-state index contributed by atoms with van der Waals surface area (Å²) in [5.74, 6) is 2.18. The van der Waals surface area contributed by atoms with Gasteiger partial charge in [-0.05, 0) is 31.2 Å². The number of nitrogens with two attached hydrogens (primary N) is 1. The molecule has 0 spiro atoms. The lowest BCUT2D eigenvalue weighted by atomic mass is 10.2. The van der Waals surface area contributed by atoms with Gasteiger partial charge in [0.25, 0.3) is 0 Å². The van der Waals surface area contributed by atoms with E-state index in [-0.39, 0.29) is 0 Å². The van der Waals surface area contributed by atoms with Crippen molar-refractivity contribution in [3.05, 3.63) is 60.4 Å². The SMILES string of the molecule is COc1cccc(Nc2ncnc(Oc3ccc(C)cc3)c2N)c1. The molecular weight excluding hydrogens is 304 g/mol. The number of aromatic nitrogens is 2. The molecule has 1 heterocycles. The Labute approximate surface area is 140 Å². The molecule has 0 aliphatic rings. The number of methoxy groups -OCH3 is 1. The average Bonchev–Trinajstić information content (AvgIpc) is 2.60. The van der Waals surface area contributed by atoms with E-state index < -0.39 is 0 Å². The maximum atomic E-state index is 6.14. The van der Waals surface area contributed by atoms with E-state index >= 15 is 0 Å². The van der Waals surface area contributed by atoms with Gasteiger partial charge >= 0.3 is 0 Å². The van der Waals surface area contributed by atoms with Gasteiger partial charge in [-0.2, -0.15) is 4.98 Å². The van der Waals surface area contributed by atoms with E-state index in [1.165, 1.54) is 6.33 Å². The van der Waals surface area contributed by atoms with E-state index in [9.17, 15) is 0 Å². The Hall–Kier alpha value is -3.28. The van der Waals surface area contributed by atoms with Crippen LogP contribution < -0.4 is 20.5 Å². The highest BCUT2D eigenvalue weighted by molar-refractivity contribution is 5.72. The Morgan fingerprint density at radius 2 is 1.79 bits per heavy atom. The van der Waals surface area contributed by atoms with Gasteiger partial charge in [0, 0.05) is 11.8 Å². The Morgan fingerprint density at radius 1 is 1.00 bits per heavy atom. The first kappa shape index (κ1) is 15.6. The van der Waals surface area contributed by atoms with Crippen molar-refractivity contribution in [2.24, 2.45) is 0 Å². The fraction of sp³-hybridized carbons (Fsp3) is 0.111. The Kier molecular flexibility index (Phi) is 4.47. The first-order valence-electron chi connectivity index (χ1n) is 7.42. The topological polar surface area (TPSA) is 82.3 Å². The number of anilines is 3. The van der Waals surface area contributed by atoms with Crippen LogP contribution in [0.4, 0.5) is 17.2 Å². The predicted molar refractivity (Wildman–Crippen MR) is 94.0 cm³/mol. The van der Waals surface area contributed by atoms with Gasteiger partial charge in [0.2, 0.25) is 5.88 Å². The lowest BCUT2D eigenvalue weighted by Crippen LogP contribution is -2.03. The van der Waals surface area contributed by atoms with E-state index in [1.807, 2.05) is 55.5 Å². The van der Waals surface area contributed by atoms with Crippen molar-refractivity contribution in [3.8, 4) is 17.4 Å². The standard InChI is InChI=1S/C18H18N4O2/c1-12-6-8-14(9-7-12)24-18-16(19)17(20-11-21-18)22-13-4-3-5-15(10-13)23-2/h3-11H,19H2,1-2H3,(H,20,21,22). The number of nitrogens with zero attached hydrogens (tertiary/aromatic N) is 2. The van der Waals surface area contributed by atoms with Crippen molar-refractivity contribution in [2.75, 3.05) is 18.2 Å². The molecule has 0 amide bonds. The number of aryl methyl sites for hydroxylation is 1. The normalized spacial score (nSPS) is 10.2. The Balaban J connectivity index is 1.83. The fourth-order valence-corrected chi connectivity index (χ4v) is 2.12. The monoisotopic (exact) mass is 322 g/mol. The van der Waals surface area contributed by atoms with Crippen molar-refractivity contribution < 1.29 is 9.47 Å². The summed E-state index contributed by atoms with van der Waals surface area (Å²) in [6, 6.07) is 15.1. The van der Waals surface area contributed by atoms with Crippen molar-refractivity contribution in [1.82, 2.24) is 9.97 Å². The number of nitrogen functional groups attached to an aromatic ring is 1. The Bertz CT molecular complexity index is 835. The summed E-state index contributed by atoms with van der Waals surface area (Å²) in [5, 5.41) is 3.15. The first-order chi connectivity index (χ1) is 11.7. The molecule has 3 N–H and O–H groups in total. The smallest absolute Gasteiger partial charge is 0.248 e.